The average Bonchev–Trinajstić information content (AvgIpc) is 2.90. The van der Waals surface area contributed by atoms with Gasteiger partial charge in [-0.15, -0.1) is 0 Å². The molecule has 0 radical (unpaired) electrons. The highest BCUT2D eigenvalue weighted by Crippen LogP contribution is 2.30. The van der Waals surface area contributed by atoms with Crippen LogP contribution in [0.5, 0.6) is 5.75 Å². The maximum absolute atomic E-state index is 9.47. The molecule has 0 saturated carbocycles. The number of benzene rings is 1. The van der Waals surface area contributed by atoms with Crippen molar-refractivity contribution in [1.29, 1.82) is 0 Å². The third kappa shape index (κ3) is 2.47. The Morgan fingerprint density at radius 1 is 0.920 bits per heavy atom. The van der Waals surface area contributed by atoms with Crippen LogP contribution in [-0.2, 0) is 6.54 Å². The predicted molar refractivity (Wildman–Crippen MR) is 96.2 cm³/mol. The van der Waals surface area contributed by atoms with Gasteiger partial charge < -0.3 is 19.5 Å². The summed E-state index contributed by atoms with van der Waals surface area (Å²) in [6, 6.07) is 7.27. The Bertz CT molecular complexity index is 911. The Kier molecular flexibility index (Phi) is 3.26. The maximum atomic E-state index is 9.47. The van der Waals surface area contributed by atoms with Crippen molar-refractivity contribution in [3.63, 3.8) is 0 Å². The number of aromatic hydroxyl groups is 1. The van der Waals surface area contributed by atoms with Crippen LogP contribution in [0.2, 0.25) is 0 Å². The first-order chi connectivity index (χ1) is 12.3. The monoisotopic (exact) mass is 336 g/mol. The first-order valence-electron chi connectivity index (χ1n) is 8.78. The lowest BCUT2D eigenvalue weighted by Gasteiger charge is -2.35. The average molecular weight is 336 g/mol. The second-order valence-corrected chi connectivity index (χ2v) is 6.74. The molecule has 0 amide bonds. The summed E-state index contributed by atoms with van der Waals surface area (Å²) in [5.74, 6) is 2.05. The summed E-state index contributed by atoms with van der Waals surface area (Å²) in [5.41, 5.74) is 2.86. The van der Waals surface area contributed by atoms with Crippen LogP contribution >= 0.6 is 0 Å². The standard InChI is InChI=1S/C18H20N6O/c25-14-5-3-13(4-6-14)11-24-12-19-15-16(22-7-1-8-22)20-18(21-17(15)24)23-9-2-10-23/h3-6,12,25H,1-2,7-11H2. The molecule has 3 aromatic rings. The lowest BCUT2D eigenvalue weighted by Crippen LogP contribution is -2.40. The number of phenols is 1. The van der Waals surface area contributed by atoms with Gasteiger partial charge >= 0.3 is 0 Å². The second-order valence-electron chi connectivity index (χ2n) is 6.74. The van der Waals surface area contributed by atoms with Gasteiger partial charge in [-0.05, 0) is 30.5 Å². The number of hydrogen-bond acceptors (Lipinski definition) is 6. The number of hydrogen-bond donors (Lipinski definition) is 1. The molecule has 2 aliphatic heterocycles. The highest BCUT2D eigenvalue weighted by Gasteiger charge is 2.25. The highest BCUT2D eigenvalue weighted by atomic mass is 16.3. The maximum Gasteiger partial charge on any atom is 0.229 e. The minimum absolute atomic E-state index is 0.279. The van der Waals surface area contributed by atoms with Crippen LogP contribution in [-0.4, -0.2) is 50.8 Å². The molecule has 1 aromatic carbocycles. The topological polar surface area (TPSA) is 70.3 Å². The summed E-state index contributed by atoms with van der Waals surface area (Å²) in [6.07, 6.45) is 4.25. The van der Waals surface area contributed by atoms with E-state index in [1.54, 1.807) is 12.1 Å². The third-order valence-corrected chi connectivity index (χ3v) is 5.02. The van der Waals surface area contributed by atoms with E-state index in [0.29, 0.717) is 6.54 Å². The van der Waals surface area contributed by atoms with Gasteiger partial charge in [-0.25, -0.2) is 4.98 Å². The number of anilines is 2. The highest BCUT2D eigenvalue weighted by molar-refractivity contribution is 5.85. The van der Waals surface area contributed by atoms with Crippen LogP contribution in [0, 0.1) is 0 Å². The molecule has 25 heavy (non-hydrogen) atoms. The molecule has 2 fully saturated rings. The van der Waals surface area contributed by atoms with Gasteiger partial charge in [0.2, 0.25) is 5.95 Å². The van der Waals surface area contributed by atoms with E-state index in [-0.39, 0.29) is 5.75 Å². The molecule has 4 heterocycles. The third-order valence-electron chi connectivity index (χ3n) is 5.02. The van der Waals surface area contributed by atoms with Crippen molar-refractivity contribution in [3.8, 4) is 5.75 Å². The van der Waals surface area contributed by atoms with Crippen molar-refractivity contribution < 1.29 is 5.11 Å². The number of fused-ring (bicyclic) bond motifs is 1. The number of aromatic nitrogens is 4. The van der Waals surface area contributed by atoms with Crippen LogP contribution in [0.1, 0.15) is 18.4 Å². The fourth-order valence-corrected chi connectivity index (χ4v) is 3.24. The number of rotatable bonds is 4. The van der Waals surface area contributed by atoms with Gasteiger partial charge in [-0.3, -0.25) is 0 Å². The van der Waals surface area contributed by atoms with E-state index in [1.165, 1.54) is 12.8 Å². The van der Waals surface area contributed by atoms with E-state index in [2.05, 4.69) is 19.4 Å². The smallest absolute Gasteiger partial charge is 0.229 e. The van der Waals surface area contributed by atoms with Gasteiger partial charge in [-0.1, -0.05) is 12.1 Å². The summed E-state index contributed by atoms with van der Waals surface area (Å²) >= 11 is 0. The molecular formula is C18H20N6O. The minimum Gasteiger partial charge on any atom is -0.508 e. The second kappa shape index (κ2) is 5.61. The number of imidazole rings is 1. The first kappa shape index (κ1) is 14.5. The molecule has 2 saturated heterocycles. The minimum atomic E-state index is 0.279. The van der Waals surface area contributed by atoms with Gasteiger partial charge in [0.05, 0.1) is 12.9 Å². The summed E-state index contributed by atoms with van der Waals surface area (Å²) < 4.78 is 2.07. The molecule has 0 unspecified atom stereocenters. The molecule has 0 aliphatic carbocycles. The molecule has 5 rings (SSSR count). The summed E-state index contributed by atoms with van der Waals surface area (Å²) in [6.45, 7) is 4.80. The lowest BCUT2D eigenvalue weighted by atomic mass is 10.2. The quantitative estimate of drug-likeness (QED) is 0.786. The van der Waals surface area contributed by atoms with Crippen molar-refractivity contribution in [1.82, 2.24) is 19.5 Å². The molecule has 128 valence electrons. The molecule has 7 heteroatoms. The van der Waals surface area contributed by atoms with E-state index in [4.69, 9.17) is 9.97 Å². The Morgan fingerprint density at radius 3 is 2.28 bits per heavy atom. The van der Waals surface area contributed by atoms with E-state index in [0.717, 1.165) is 54.7 Å². The van der Waals surface area contributed by atoms with E-state index >= 15 is 0 Å². The summed E-state index contributed by atoms with van der Waals surface area (Å²) in [4.78, 5) is 18.7. The lowest BCUT2D eigenvalue weighted by molar-refractivity contribution is 0.475. The molecular weight excluding hydrogens is 316 g/mol. The van der Waals surface area contributed by atoms with Crippen LogP contribution in [0.15, 0.2) is 30.6 Å². The van der Waals surface area contributed by atoms with Crippen LogP contribution in [0.4, 0.5) is 11.8 Å². The van der Waals surface area contributed by atoms with Crippen molar-refractivity contribution in [2.24, 2.45) is 0 Å². The van der Waals surface area contributed by atoms with Crippen molar-refractivity contribution in [2.75, 3.05) is 36.0 Å². The van der Waals surface area contributed by atoms with Gasteiger partial charge in [-0.2, -0.15) is 9.97 Å². The molecule has 2 aromatic heterocycles. The van der Waals surface area contributed by atoms with Gasteiger partial charge in [0.1, 0.15) is 5.75 Å². The Hall–Kier alpha value is -2.83. The van der Waals surface area contributed by atoms with Crippen molar-refractivity contribution in [2.45, 2.75) is 19.4 Å². The molecule has 2 aliphatic rings. The fraction of sp³-hybridized carbons (Fsp3) is 0.389. The first-order valence-corrected chi connectivity index (χ1v) is 8.78. The predicted octanol–water partition coefficient (Wildman–Crippen LogP) is 2.00. The number of nitrogens with zero attached hydrogens (tertiary/aromatic N) is 6. The van der Waals surface area contributed by atoms with Crippen LogP contribution in [0.25, 0.3) is 11.2 Å². The van der Waals surface area contributed by atoms with Gasteiger partial charge in [0.15, 0.2) is 17.0 Å². The van der Waals surface area contributed by atoms with Crippen molar-refractivity contribution >= 4 is 22.9 Å². The molecule has 0 atom stereocenters. The molecule has 1 N–H and O–H groups in total. The zero-order chi connectivity index (χ0) is 16.8. The van der Waals surface area contributed by atoms with Crippen LogP contribution < -0.4 is 9.80 Å². The van der Waals surface area contributed by atoms with E-state index < -0.39 is 0 Å². The Labute approximate surface area is 145 Å². The Morgan fingerprint density at radius 2 is 1.64 bits per heavy atom. The SMILES string of the molecule is Oc1ccc(Cn2cnc3c(N4CCC4)nc(N4CCC4)nc32)cc1. The Balaban J connectivity index is 1.58. The fourth-order valence-electron chi connectivity index (χ4n) is 3.24. The van der Waals surface area contributed by atoms with Gasteiger partial charge in [0.25, 0.3) is 0 Å². The molecule has 7 nitrogen and oxygen atoms in total. The summed E-state index contributed by atoms with van der Waals surface area (Å²) in [7, 11) is 0. The number of phenolic OH excluding ortho intramolecular Hbond substituents is 1. The van der Waals surface area contributed by atoms with E-state index in [1.807, 2.05) is 18.5 Å². The largest absolute Gasteiger partial charge is 0.508 e. The summed E-state index contributed by atoms with van der Waals surface area (Å²) in [5, 5.41) is 9.47. The zero-order valence-electron chi connectivity index (χ0n) is 14.0. The molecule has 0 spiro atoms. The zero-order valence-corrected chi connectivity index (χ0v) is 14.0. The van der Waals surface area contributed by atoms with Crippen molar-refractivity contribution in [3.05, 3.63) is 36.2 Å². The normalized spacial score (nSPS) is 16.8. The van der Waals surface area contributed by atoms with Gasteiger partial charge in [0, 0.05) is 26.2 Å². The van der Waals surface area contributed by atoms with E-state index in [9.17, 15) is 5.11 Å². The van der Waals surface area contributed by atoms with Crippen LogP contribution in [0.3, 0.4) is 0 Å². The molecule has 0 bridgehead atoms.